The number of carboxylic acid groups (broad SMARTS) is 2. The summed E-state index contributed by atoms with van der Waals surface area (Å²) in [4.78, 5) is 44.3. The van der Waals surface area contributed by atoms with Gasteiger partial charge in [0.05, 0.1) is 26.1 Å². The minimum Gasteiger partial charge on any atom is -0.481 e. The number of hydrogen-bond donors (Lipinski definition) is 6. The van der Waals surface area contributed by atoms with Gasteiger partial charge >= 0.3 is 23.9 Å². The summed E-state index contributed by atoms with van der Waals surface area (Å²) in [5, 5.41) is 13.1. The van der Waals surface area contributed by atoms with E-state index in [1.807, 2.05) is 0 Å². The Morgan fingerprint density at radius 2 is 0.630 bits per heavy atom. The summed E-state index contributed by atoms with van der Waals surface area (Å²) >= 11 is 0. The van der Waals surface area contributed by atoms with Crippen LogP contribution in [0.25, 0.3) is 0 Å². The maximum absolute atomic E-state index is 11.6. The Balaban J connectivity index is -0.000000446. The van der Waals surface area contributed by atoms with Gasteiger partial charge in [0.15, 0.2) is 10.5 Å². The highest BCUT2D eigenvalue weighted by molar-refractivity contribution is 7.87. The van der Waals surface area contributed by atoms with Crippen molar-refractivity contribution in [1.82, 2.24) is 12.3 Å². The molecule has 0 aliphatic heterocycles. The van der Waals surface area contributed by atoms with Crippen LogP contribution in [0.5, 0.6) is 0 Å². The van der Waals surface area contributed by atoms with E-state index in [9.17, 15) is 36.0 Å². The van der Waals surface area contributed by atoms with Crippen molar-refractivity contribution in [2.24, 2.45) is 0 Å². The molecule has 324 valence electrons. The van der Waals surface area contributed by atoms with Gasteiger partial charge in [-0.25, -0.2) is 0 Å². The lowest BCUT2D eigenvalue weighted by Crippen LogP contribution is -2.34. The quantitative estimate of drug-likeness (QED) is 0.0202. The molecule has 0 aromatic heterocycles. The minimum atomic E-state index is -4.78. The van der Waals surface area contributed by atoms with E-state index >= 15 is 0 Å². The van der Waals surface area contributed by atoms with Crippen molar-refractivity contribution in [1.29, 1.82) is 0 Å². The van der Waals surface area contributed by atoms with Crippen LogP contribution in [0.15, 0.2) is 0 Å². The SMILES string of the molecule is CCCCCCCCCCCCCCOC(=O)C(CC(=O)O)S(=O)(=O)O.CCCCCCCCCCCCCCOC(=O)C(CC(=O)O)S(=O)(=O)O.N.N. The first-order valence-electron chi connectivity index (χ1n) is 19.3. The zero-order valence-corrected chi connectivity index (χ0v) is 34.7. The summed E-state index contributed by atoms with van der Waals surface area (Å²) in [7, 11) is -9.56. The van der Waals surface area contributed by atoms with E-state index in [0.717, 1.165) is 38.5 Å². The van der Waals surface area contributed by atoms with E-state index in [1.54, 1.807) is 0 Å². The van der Waals surface area contributed by atoms with Crippen LogP contribution in [-0.4, -0.2) is 83.7 Å². The fourth-order valence-electron chi connectivity index (χ4n) is 5.36. The molecule has 16 nitrogen and oxygen atoms in total. The number of hydrogen-bond acceptors (Lipinski definition) is 12. The van der Waals surface area contributed by atoms with Crippen molar-refractivity contribution >= 4 is 44.1 Å². The van der Waals surface area contributed by atoms with E-state index in [2.05, 4.69) is 13.8 Å². The van der Waals surface area contributed by atoms with E-state index in [4.69, 9.17) is 28.8 Å². The Hall–Kier alpha value is -2.38. The Morgan fingerprint density at radius 1 is 0.426 bits per heavy atom. The monoisotopic (exact) mass is 822 g/mol. The average Bonchev–Trinajstić information content (AvgIpc) is 3.05. The lowest BCUT2D eigenvalue weighted by Gasteiger charge is -2.11. The molecule has 0 radical (unpaired) electrons. The van der Waals surface area contributed by atoms with Gasteiger partial charge in [-0.2, -0.15) is 16.8 Å². The van der Waals surface area contributed by atoms with Crippen LogP contribution >= 0.6 is 0 Å². The predicted molar refractivity (Wildman–Crippen MR) is 209 cm³/mol. The number of carbonyl (C=O) groups is 4. The van der Waals surface area contributed by atoms with Crippen LogP contribution < -0.4 is 12.3 Å². The first-order chi connectivity index (χ1) is 24.6. The molecule has 0 bridgehead atoms. The van der Waals surface area contributed by atoms with Crippen LogP contribution in [0.3, 0.4) is 0 Å². The predicted octanol–water partition coefficient (Wildman–Crippen LogP) is 8.25. The van der Waals surface area contributed by atoms with Gasteiger partial charge in [0.25, 0.3) is 20.2 Å². The molecule has 18 heteroatoms. The van der Waals surface area contributed by atoms with E-state index < -0.39 is 67.5 Å². The second kappa shape index (κ2) is 37.5. The third-order valence-electron chi connectivity index (χ3n) is 8.45. The number of rotatable bonds is 34. The lowest BCUT2D eigenvalue weighted by atomic mass is 10.1. The molecule has 0 spiro atoms. The third kappa shape index (κ3) is 37.9. The molecular formula is C36H74N2O14S2. The lowest BCUT2D eigenvalue weighted by molar-refractivity contribution is -0.147. The highest BCUT2D eigenvalue weighted by Gasteiger charge is 2.35. The van der Waals surface area contributed by atoms with Crippen LogP contribution in [0.2, 0.25) is 0 Å². The van der Waals surface area contributed by atoms with E-state index in [1.165, 1.54) is 103 Å². The molecule has 10 N–H and O–H groups in total. The zero-order chi connectivity index (χ0) is 39.7. The summed E-state index contributed by atoms with van der Waals surface area (Å²) in [6.07, 6.45) is 25.7. The van der Waals surface area contributed by atoms with Gasteiger partial charge < -0.3 is 32.0 Å². The van der Waals surface area contributed by atoms with Crippen molar-refractivity contribution in [3.63, 3.8) is 0 Å². The number of esters is 2. The molecule has 0 amide bonds. The number of carboxylic acids is 2. The second-order valence-electron chi connectivity index (χ2n) is 13.3. The maximum atomic E-state index is 11.6. The number of carbonyl (C=O) groups excluding carboxylic acids is 2. The van der Waals surface area contributed by atoms with Gasteiger partial charge in [-0.15, -0.1) is 0 Å². The van der Waals surface area contributed by atoms with Crippen LogP contribution in [0.1, 0.15) is 181 Å². The molecule has 2 atom stereocenters. The third-order valence-corrected chi connectivity index (χ3v) is 10.6. The first-order valence-corrected chi connectivity index (χ1v) is 22.3. The van der Waals surface area contributed by atoms with Crippen molar-refractivity contribution < 1.29 is 64.8 Å². The topological polar surface area (TPSA) is 306 Å². The number of aliphatic carboxylic acids is 2. The molecule has 54 heavy (non-hydrogen) atoms. The Bertz CT molecular complexity index is 1080. The molecule has 0 rings (SSSR count). The number of ether oxygens (including phenoxy) is 2. The van der Waals surface area contributed by atoms with Gasteiger partial charge in [0, 0.05) is 0 Å². The molecule has 0 aromatic carbocycles. The molecule has 0 heterocycles. The molecule has 0 fully saturated rings. The van der Waals surface area contributed by atoms with Crippen LogP contribution in [-0.2, 0) is 48.9 Å². The smallest absolute Gasteiger partial charge is 0.327 e. The number of unbranched alkanes of at least 4 members (excludes halogenated alkanes) is 22. The van der Waals surface area contributed by atoms with Crippen LogP contribution in [0, 0.1) is 0 Å². The van der Waals surface area contributed by atoms with E-state index in [0.29, 0.717) is 12.8 Å². The fourth-order valence-corrected chi connectivity index (χ4v) is 6.68. The van der Waals surface area contributed by atoms with Gasteiger partial charge in [-0.1, -0.05) is 155 Å². The molecule has 0 aromatic rings. The summed E-state index contributed by atoms with van der Waals surface area (Å²) in [5.41, 5.74) is 0. The van der Waals surface area contributed by atoms with E-state index in [-0.39, 0.29) is 25.5 Å². The van der Waals surface area contributed by atoms with Gasteiger partial charge in [-0.05, 0) is 12.8 Å². The Kier molecular flexibility index (Phi) is 40.5. The molecular weight excluding hydrogens is 749 g/mol. The molecule has 0 saturated carbocycles. The largest absolute Gasteiger partial charge is 0.481 e. The average molecular weight is 823 g/mol. The molecule has 0 saturated heterocycles. The van der Waals surface area contributed by atoms with Crippen molar-refractivity contribution in [2.75, 3.05) is 13.2 Å². The van der Waals surface area contributed by atoms with Crippen LogP contribution in [0.4, 0.5) is 0 Å². The first kappa shape index (κ1) is 58.3. The Labute approximate surface area is 325 Å². The summed E-state index contributed by atoms with van der Waals surface area (Å²) < 4.78 is 71.5. The van der Waals surface area contributed by atoms with Crippen molar-refractivity contribution in [3.8, 4) is 0 Å². The van der Waals surface area contributed by atoms with Gasteiger partial charge in [0.2, 0.25) is 0 Å². The normalized spacial score (nSPS) is 12.2. The highest BCUT2D eigenvalue weighted by atomic mass is 32.2. The molecule has 2 unspecified atom stereocenters. The van der Waals surface area contributed by atoms with Crippen molar-refractivity contribution in [3.05, 3.63) is 0 Å². The molecule has 0 aliphatic carbocycles. The standard InChI is InChI=1S/2C18H34O7S.2H3N/c2*1-2-3-4-5-6-7-8-9-10-11-12-13-14-25-18(21)16(15-17(19)20)26(22,23)24;;/h2*16H,2-15H2,1H3,(H,19,20)(H,22,23,24);2*1H3. The summed E-state index contributed by atoms with van der Waals surface area (Å²) in [5.74, 6) is -5.40. The zero-order valence-electron chi connectivity index (χ0n) is 33.1. The second-order valence-corrected chi connectivity index (χ2v) is 16.5. The maximum Gasteiger partial charge on any atom is 0.327 e. The van der Waals surface area contributed by atoms with Gasteiger partial charge in [0.1, 0.15) is 0 Å². The summed E-state index contributed by atoms with van der Waals surface area (Å²) in [6, 6.07) is 0. The van der Waals surface area contributed by atoms with Crippen molar-refractivity contribution in [2.45, 2.75) is 191 Å². The molecule has 0 aliphatic rings. The Morgan fingerprint density at radius 3 is 0.815 bits per heavy atom. The summed E-state index contributed by atoms with van der Waals surface area (Å²) in [6.45, 7) is 4.48. The minimum absolute atomic E-state index is 0. The van der Waals surface area contributed by atoms with Gasteiger partial charge in [-0.3, -0.25) is 28.3 Å². The fraction of sp³-hybridized carbons (Fsp3) is 0.889. The highest BCUT2D eigenvalue weighted by Crippen LogP contribution is 2.14.